The van der Waals surface area contributed by atoms with Gasteiger partial charge in [-0.15, -0.1) is 0 Å². The fourth-order valence-electron chi connectivity index (χ4n) is 2.45. The van der Waals surface area contributed by atoms with Crippen molar-refractivity contribution in [1.29, 1.82) is 0 Å². The van der Waals surface area contributed by atoms with Gasteiger partial charge in [0.15, 0.2) is 0 Å². The first kappa shape index (κ1) is 16.9. The Labute approximate surface area is 149 Å². The molecule has 0 heterocycles. The number of ether oxygens (including phenoxy) is 2. The second-order valence-electron chi connectivity index (χ2n) is 5.92. The van der Waals surface area contributed by atoms with Crippen molar-refractivity contribution in [2.45, 2.75) is 19.6 Å². The first-order valence-electron chi connectivity index (χ1n) is 8.52. The number of hydrogen-bond donors (Lipinski definition) is 1. The van der Waals surface area contributed by atoms with Crippen molar-refractivity contribution in [3.8, 4) is 11.5 Å². The molecule has 1 atom stereocenters. The molecule has 0 aliphatic rings. The molecule has 3 heteroatoms. The summed E-state index contributed by atoms with van der Waals surface area (Å²) in [5, 5.41) is 3.36. The molecule has 1 N–H and O–H groups in total. The van der Waals surface area contributed by atoms with Gasteiger partial charge in [-0.25, -0.2) is 0 Å². The summed E-state index contributed by atoms with van der Waals surface area (Å²) in [6.45, 7) is 3.37. The van der Waals surface area contributed by atoms with Gasteiger partial charge in [0.2, 0.25) is 0 Å². The summed E-state index contributed by atoms with van der Waals surface area (Å²) in [6, 6.07) is 28.0. The Balaban J connectivity index is 1.45. The van der Waals surface area contributed by atoms with Gasteiger partial charge in [0.05, 0.1) is 6.54 Å². The molecule has 0 bridgehead atoms. The highest BCUT2D eigenvalue weighted by atomic mass is 16.5. The van der Waals surface area contributed by atoms with Crippen LogP contribution in [-0.4, -0.2) is 12.6 Å². The summed E-state index contributed by atoms with van der Waals surface area (Å²) in [5.41, 5.74) is 2.26. The third-order valence-electron chi connectivity index (χ3n) is 3.78. The van der Waals surface area contributed by atoms with Crippen LogP contribution in [0, 0.1) is 0 Å². The van der Waals surface area contributed by atoms with Crippen molar-refractivity contribution in [3.05, 3.63) is 90.5 Å². The molecule has 3 rings (SSSR count). The van der Waals surface area contributed by atoms with E-state index in [1.54, 1.807) is 0 Å². The molecule has 0 fully saturated rings. The summed E-state index contributed by atoms with van der Waals surface area (Å²) in [5.74, 6) is 1.68. The van der Waals surface area contributed by atoms with E-state index < -0.39 is 0 Å². The molecule has 25 heavy (non-hydrogen) atoms. The highest BCUT2D eigenvalue weighted by molar-refractivity contribution is 5.42. The highest BCUT2D eigenvalue weighted by Crippen LogP contribution is 2.20. The third kappa shape index (κ3) is 5.57. The van der Waals surface area contributed by atoms with Gasteiger partial charge < -0.3 is 14.8 Å². The van der Waals surface area contributed by atoms with Crippen LogP contribution in [0.15, 0.2) is 84.9 Å². The number of rotatable bonds is 8. The number of anilines is 1. The minimum atomic E-state index is 0.0660. The van der Waals surface area contributed by atoms with Gasteiger partial charge in [0.25, 0.3) is 0 Å². The molecule has 3 aromatic rings. The van der Waals surface area contributed by atoms with Crippen LogP contribution in [0.1, 0.15) is 12.5 Å². The van der Waals surface area contributed by atoms with Crippen LogP contribution < -0.4 is 14.8 Å². The first-order chi connectivity index (χ1) is 12.3. The van der Waals surface area contributed by atoms with E-state index in [0.717, 1.165) is 29.3 Å². The van der Waals surface area contributed by atoms with Crippen molar-refractivity contribution in [2.24, 2.45) is 0 Å². The van der Waals surface area contributed by atoms with Crippen LogP contribution in [0.25, 0.3) is 0 Å². The fraction of sp³-hybridized carbons (Fsp3) is 0.182. The number of para-hydroxylation sites is 1. The van der Waals surface area contributed by atoms with E-state index >= 15 is 0 Å². The second kappa shape index (κ2) is 8.78. The van der Waals surface area contributed by atoms with Gasteiger partial charge in [-0.2, -0.15) is 0 Å². The zero-order valence-corrected chi connectivity index (χ0v) is 14.4. The SMILES string of the molecule is CC(CNc1ccccc1)Oc1ccc(OCc2ccccc2)cc1. The van der Waals surface area contributed by atoms with Crippen molar-refractivity contribution in [1.82, 2.24) is 0 Å². The van der Waals surface area contributed by atoms with Gasteiger partial charge in [-0.1, -0.05) is 48.5 Å². The van der Waals surface area contributed by atoms with Crippen LogP contribution in [0.4, 0.5) is 5.69 Å². The van der Waals surface area contributed by atoms with Gasteiger partial charge in [-0.3, -0.25) is 0 Å². The molecule has 0 spiro atoms. The molecule has 0 aliphatic heterocycles. The van der Waals surface area contributed by atoms with Crippen LogP contribution in [0.3, 0.4) is 0 Å². The largest absolute Gasteiger partial charge is 0.489 e. The lowest BCUT2D eigenvalue weighted by Crippen LogP contribution is -2.22. The molecule has 1 unspecified atom stereocenters. The Bertz CT molecular complexity index is 742. The molecule has 3 aromatic carbocycles. The lowest BCUT2D eigenvalue weighted by molar-refractivity contribution is 0.234. The Kier molecular flexibility index (Phi) is 5.94. The van der Waals surface area contributed by atoms with Crippen LogP contribution >= 0.6 is 0 Å². The molecule has 128 valence electrons. The van der Waals surface area contributed by atoms with Crippen LogP contribution in [-0.2, 0) is 6.61 Å². The van der Waals surface area contributed by atoms with Crippen LogP contribution in [0.5, 0.6) is 11.5 Å². The highest BCUT2D eigenvalue weighted by Gasteiger charge is 2.04. The second-order valence-corrected chi connectivity index (χ2v) is 5.92. The van der Waals surface area contributed by atoms with Gasteiger partial charge >= 0.3 is 0 Å². The van der Waals surface area contributed by atoms with E-state index in [2.05, 4.69) is 24.4 Å². The zero-order valence-electron chi connectivity index (χ0n) is 14.4. The maximum absolute atomic E-state index is 5.94. The summed E-state index contributed by atoms with van der Waals surface area (Å²) in [6.07, 6.45) is 0.0660. The molecule has 3 nitrogen and oxygen atoms in total. The average molecular weight is 333 g/mol. The van der Waals surface area contributed by atoms with E-state index in [0.29, 0.717) is 6.61 Å². The first-order valence-corrected chi connectivity index (χ1v) is 8.52. The van der Waals surface area contributed by atoms with Gasteiger partial charge in [0, 0.05) is 5.69 Å². The average Bonchev–Trinajstić information content (AvgIpc) is 2.67. The maximum Gasteiger partial charge on any atom is 0.120 e. The Morgan fingerprint density at radius 3 is 2.04 bits per heavy atom. The Hall–Kier alpha value is -2.94. The summed E-state index contributed by atoms with van der Waals surface area (Å²) >= 11 is 0. The summed E-state index contributed by atoms with van der Waals surface area (Å²) in [4.78, 5) is 0. The van der Waals surface area contributed by atoms with Gasteiger partial charge in [-0.05, 0) is 48.9 Å². The van der Waals surface area contributed by atoms with Gasteiger partial charge in [0.1, 0.15) is 24.2 Å². The molecular weight excluding hydrogens is 310 g/mol. The normalized spacial score (nSPS) is 11.6. The van der Waals surface area contributed by atoms with E-state index in [4.69, 9.17) is 9.47 Å². The molecule has 0 saturated heterocycles. The minimum Gasteiger partial charge on any atom is -0.489 e. The summed E-state index contributed by atoms with van der Waals surface area (Å²) in [7, 11) is 0. The fourth-order valence-corrected chi connectivity index (χ4v) is 2.45. The Morgan fingerprint density at radius 2 is 1.36 bits per heavy atom. The quantitative estimate of drug-likeness (QED) is 0.619. The standard InChI is InChI=1S/C22H23NO2/c1-18(16-23-20-10-6-3-7-11-20)25-22-14-12-21(13-15-22)24-17-19-8-4-2-5-9-19/h2-15,18,23H,16-17H2,1H3. The molecule has 0 saturated carbocycles. The molecule has 0 aliphatic carbocycles. The molecule has 0 amide bonds. The van der Waals surface area contributed by atoms with E-state index in [9.17, 15) is 0 Å². The summed E-state index contributed by atoms with van der Waals surface area (Å²) < 4.78 is 11.7. The van der Waals surface area contributed by atoms with E-state index in [1.165, 1.54) is 0 Å². The topological polar surface area (TPSA) is 30.5 Å². The van der Waals surface area contributed by atoms with Crippen molar-refractivity contribution >= 4 is 5.69 Å². The minimum absolute atomic E-state index is 0.0660. The number of hydrogen-bond acceptors (Lipinski definition) is 3. The van der Waals surface area contributed by atoms with Crippen molar-refractivity contribution in [3.63, 3.8) is 0 Å². The van der Waals surface area contributed by atoms with Crippen LogP contribution in [0.2, 0.25) is 0 Å². The smallest absolute Gasteiger partial charge is 0.120 e. The third-order valence-corrected chi connectivity index (χ3v) is 3.78. The molecule has 0 radical (unpaired) electrons. The monoisotopic (exact) mass is 333 g/mol. The van der Waals surface area contributed by atoms with Crippen molar-refractivity contribution < 1.29 is 9.47 Å². The predicted octanol–water partition coefficient (Wildman–Crippen LogP) is 5.15. The lowest BCUT2D eigenvalue weighted by Gasteiger charge is -2.16. The maximum atomic E-state index is 5.94. The lowest BCUT2D eigenvalue weighted by atomic mass is 10.2. The van der Waals surface area contributed by atoms with E-state index in [1.807, 2.05) is 72.8 Å². The zero-order chi connectivity index (χ0) is 17.3. The Morgan fingerprint density at radius 1 is 0.760 bits per heavy atom. The predicted molar refractivity (Wildman–Crippen MR) is 102 cm³/mol. The number of benzene rings is 3. The van der Waals surface area contributed by atoms with Crippen molar-refractivity contribution in [2.75, 3.05) is 11.9 Å². The molecule has 0 aromatic heterocycles. The molecular formula is C22H23NO2. The van der Waals surface area contributed by atoms with E-state index in [-0.39, 0.29) is 6.10 Å². The number of nitrogens with one attached hydrogen (secondary N) is 1.